The van der Waals surface area contributed by atoms with Crippen molar-refractivity contribution in [2.45, 2.75) is 32.9 Å². The van der Waals surface area contributed by atoms with E-state index < -0.39 is 0 Å². The molecule has 1 rings (SSSR count). The van der Waals surface area contributed by atoms with Crippen molar-refractivity contribution < 1.29 is 13.9 Å². The molecule has 0 saturated heterocycles. The largest absolute Gasteiger partial charge is 0.488 e. The molecule has 96 valence electrons. The van der Waals surface area contributed by atoms with Crippen molar-refractivity contribution in [2.75, 3.05) is 13.2 Å². The molecule has 1 aromatic rings. The lowest BCUT2D eigenvalue weighted by atomic mass is 10.1. The normalized spacial score (nSPS) is 14.4. The Morgan fingerprint density at radius 1 is 1.35 bits per heavy atom. The lowest BCUT2D eigenvalue weighted by Crippen LogP contribution is -2.20. The number of hydrogen-bond donors (Lipinski definition) is 1. The second-order valence-electron chi connectivity index (χ2n) is 4.06. The summed E-state index contributed by atoms with van der Waals surface area (Å²) < 4.78 is 24.1. The number of hydrogen-bond acceptors (Lipinski definition) is 3. The molecule has 2 atom stereocenters. The molecule has 0 saturated carbocycles. The molecule has 0 aromatic heterocycles. The monoisotopic (exact) mass is 241 g/mol. The first kappa shape index (κ1) is 13.9. The van der Waals surface area contributed by atoms with Gasteiger partial charge in [0.05, 0.1) is 6.61 Å². The Bertz CT molecular complexity index is 355. The standard InChI is InChI=1S/C13H20FNO2/c1-4-16-8-9(2)17-13-6-5-11(14)7-12(13)10(3)15/h5-7,9-10H,4,8,15H2,1-3H3/t9?,10-/m0/s1. The minimum Gasteiger partial charge on any atom is -0.488 e. The van der Waals surface area contributed by atoms with Crippen LogP contribution in [0.2, 0.25) is 0 Å². The zero-order chi connectivity index (χ0) is 12.8. The van der Waals surface area contributed by atoms with E-state index in [1.165, 1.54) is 12.1 Å². The average molecular weight is 241 g/mol. The fraction of sp³-hybridized carbons (Fsp3) is 0.538. The van der Waals surface area contributed by atoms with E-state index >= 15 is 0 Å². The van der Waals surface area contributed by atoms with E-state index in [2.05, 4.69) is 0 Å². The molecule has 0 bridgehead atoms. The third-order valence-corrected chi connectivity index (χ3v) is 2.35. The first-order chi connectivity index (χ1) is 8.04. The van der Waals surface area contributed by atoms with Crippen molar-refractivity contribution in [3.05, 3.63) is 29.6 Å². The summed E-state index contributed by atoms with van der Waals surface area (Å²) in [6.45, 7) is 6.79. The molecule has 0 aliphatic heterocycles. The van der Waals surface area contributed by atoms with Crippen LogP contribution in [0.5, 0.6) is 5.75 Å². The van der Waals surface area contributed by atoms with Crippen LogP contribution in [0.1, 0.15) is 32.4 Å². The van der Waals surface area contributed by atoms with Crippen molar-refractivity contribution in [1.82, 2.24) is 0 Å². The Labute approximate surface area is 102 Å². The van der Waals surface area contributed by atoms with E-state index in [0.29, 0.717) is 24.5 Å². The Balaban J connectivity index is 2.76. The molecule has 0 heterocycles. The summed E-state index contributed by atoms with van der Waals surface area (Å²) in [6, 6.07) is 4.12. The van der Waals surface area contributed by atoms with Gasteiger partial charge in [-0.25, -0.2) is 4.39 Å². The highest BCUT2D eigenvalue weighted by Gasteiger charge is 2.12. The van der Waals surface area contributed by atoms with Gasteiger partial charge in [0.1, 0.15) is 17.7 Å². The first-order valence-electron chi connectivity index (χ1n) is 5.84. The highest BCUT2D eigenvalue weighted by atomic mass is 19.1. The van der Waals surface area contributed by atoms with Crippen LogP contribution in [-0.4, -0.2) is 19.3 Å². The van der Waals surface area contributed by atoms with Gasteiger partial charge in [0.15, 0.2) is 0 Å². The smallest absolute Gasteiger partial charge is 0.124 e. The van der Waals surface area contributed by atoms with Crippen LogP contribution in [0.15, 0.2) is 18.2 Å². The second-order valence-corrected chi connectivity index (χ2v) is 4.06. The van der Waals surface area contributed by atoms with Gasteiger partial charge in [0.25, 0.3) is 0 Å². The van der Waals surface area contributed by atoms with Crippen LogP contribution in [0.4, 0.5) is 4.39 Å². The van der Waals surface area contributed by atoms with Crippen molar-refractivity contribution in [1.29, 1.82) is 0 Å². The van der Waals surface area contributed by atoms with Crippen molar-refractivity contribution >= 4 is 0 Å². The fourth-order valence-corrected chi connectivity index (χ4v) is 1.52. The van der Waals surface area contributed by atoms with E-state index in [4.69, 9.17) is 15.2 Å². The molecule has 0 amide bonds. The minimum atomic E-state index is -0.304. The summed E-state index contributed by atoms with van der Waals surface area (Å²) >= 11 is 0. The van der Waals surface area contributed by atoms with Crippen LogP contribution in [-0.2, 0) is 4.74 Å². The molecule has 0 aliphatic rings. The van der Waals surface area contributed by atoms with Gasteiger partial charge in [0, 0.05) is 18.2 Å². The topological polar surface area (TPSA) is 44.5 Å². The SMILES string of the molecule is CCOCC(C)Oc1ccc(F)cc1[C@H](C)N. The summed E-state index contributed by atoms with van der Waals surface area (Å²) in [5.74, 6) is 0.315. The van der Waals surface area contributed by atoms with Crippen LogP contribution in [0, 0.1) is 5.82 Å². The van der Waals surface area contributed by atoms with E-state index in [1.807, 2.05) is 13.8 Å². The summed E-state index contributed by atoms with van der Waals surface area (Å²) in [7, 11) is 0. The maximum atomic E-state index is 13.1. The van der Waals surface area contributed by atoms with Crippen LogP contribution < -0.4 is 10.5 Å². The Morgan fingerprint density at radius 3 is 2.65 bits per heavy atom. The van der Waals surface area contributed by atoms with Crippen LogP contribution >= 0.6 is 0 Å². The molecule has 0 spiro atoms. The van der Waals surface area contributed by atoms with Gasteiger partial charge < -0.3 is 15.2 Å². The molecule has 1 aromatic carbocycles. The van der Waals surface area contributed by atoms with E-state index in [0.717, 1.165) is 0 Å². The van der Waals surface area contributed by atoms with Crippen LogP contribution in [0.25, 0.3) is 0 Å². The van der Waals surface area contributed by atoms with Gasteiger partial charge in [-0.3, -0.25) is 0 Å². The quantitative estimate of drug-likeness (QED) is 0.832. The molecule has 0 fully saturated rings. The highest BCUT2D eigenvalue weighted by molar-refractivity contribution is 5.36. The molecule has 0 radical (unpaired) electrons. The fourth-order valence-electron chi connectivity index (χ4n) is 1.52. The molecule has 0 aliphatic carbocycles. The third kappa shape index (κ3) is 4.32. The summed E-state index contributed by atoms with van der Waals surface area (Å²) in [6.07, 6.45) is -0.0853. The average Bonchev–Trinajstić information content (AvgIpc) is 2.28. The van der Waals surface area contributed by atoms with E-state index in [1.54, 1.807) is 13.0 Å². The van der Waals surface area contributed by atoms with Gasteiger partial charge >= 0.3 is 0 Å². The lowest BCUT2D eigenvalue weighted by Gasteiger charge is -2.18. The van der Waals surface area contributed by atoms with Gasteiger partial charge in [0.2, 0.25) is 0 Å². The predicted octanol–water partition coefficient (Wildman–Crippen LogP) is 2.65. The molecular weight excluding hydrogens is 221 g/mol. The maximum Gasteiger partial charge on any atom is 0.124 e. The van der Waals surface area contributed by atoms with Crippen molar-refractivity contribution in [2.24, 2.45) is 5.73 Å². The predicted molar refractivity (Wildman–Crippen MR) is 65.6 cm³/mol. The second kappa shape index (κ2) is 6.57. The highest BCUT2D eigenvalue weighted by Crippen LogP contribution is 2.25. The van der Waals surface area contributed by atoms with Gasteiger partial charge in [-0.15, -0.1) is 0 Å². The summed E-state index contributed by atoms with van der Waals surface area (Å²) in [4.78, 5) is 0. The number of rotatable bonds is 6. The van der Waals surface area contributed by atoms with Gasteiger partial charge in [-0.2, -0.15) is 0 Å². The summed E-state index contributed by atoms with van der Waals surface area (Å²) in [5, 5.41) is 0. The lowest BCUT2D eigenvalue weighted by molar-refractivity contribution is 0.0650. The van der Waals surface area contributed by atoms with Crippen molar-refractivity contribution in [3.63, 3.8) is 0 Å². The Kier molecular flexibility index (Phi) is 5.38. The van der Waals surface area contributed by atoms with E-state index in [9.17, 15) is 4.39 Å². The number of nitrogens with two attached hydrogens (primary N) is 1. The maximum absolute atomic E-state index is 13.1. The zero-order valence-electron chi connectivity index (χ0n) is 10.6. The first-order valence-corrected chi connectivity index (χ1v) is 5.84. The molecule has 17 heavy (non-hydrogen) atoms. The molecule has 1 unspecified atom stereocenters. The third-order valence-electron chi connectivity index (χ3n) is 2.35. The number of benzene rings is 1. The van der Waals surface area contributed by atoms with Gasteiger partial charge in [-0.1, -0.05) is 0 Å². The molecule has 4 heteroatoms. The number of ether oxygens (including phenoxy) is 2. The molecule has 2 N–H and O–H groups in total. The number of halogens is 1. The zero-order valence-corrected chi connectivity index (χ0v) is 10.6. The van der Waals surface area contributed by atoms with E-state index in [-0.39, 0.29) is 18.0 Å². The molecule has 3 nitrogen and oxygen atoms in total. The van der Waals surface area contributed by atoms with Crippen molar-refractivity contribution in [3.8, 4) is 5.75 Å². The Morgan fingerprint density at radius 2 is 2.06 bits per heavy atom. The van der Waals surface area contributed by atoms with Crippen LogP contribution in [0.3, 0.4) is 0 Å². The summed E-state index contributed by atoms with van der Waals surface area (Å²) in [5.41, 5.74) is 6.46. The minimum absolute atomic E-state index is 0.0853. The van der Waals surface area contributed by atoms with Gasteiger partial charge in [-0.05, 0) is 39.0 Å². The Hall–Kier alpha value is -1.13. The molecular formula is C13H20FNO2.